The lowest BCUT2D eigenvalue weighted by atomic mass is 9.94. The molecule has 2 unspecified atom stereocenters. The number of nitrogens with zero attached hydrogens (tertiary/aromatic N) is 8. The van der Waals surface area contributed by atoms with Gasteiger partial charge in [-0.3, -0.25) is 4.90 Å². The highest BCUT2D eigenvalue weighted by Crippen LogP contribution is 2.48. The number of aromatic nitrogens is 6. The van der Waals surface area contributed by atoms with Crippen LogP contribution in [0, 0.1) is 12.7 Å². The summed E-state index contributed by atoms with van der Waals surface area (Å²) in [5.74, 6) is -0.768. The first-order chi connectivity index (χ1) is 26.4. The first-order valence-electron chi connectivity index (χ1n) is 18.7. The molecular formula is C38H40F5N9O3. The molecule has 9 rings (SSSR count). The predicted molar refractivity (Wildman–Crippen MR) is 193 cm³/mol. The van der Waals surface area contributed by atoms with Crippen LogP contribution in [0.25, 0.3) is 33.1 Å². The van der Waals surface area contributed by atoms with Crippen LogP contribution in [0.4, 0.5) is 33.6 Å². The number of aryl methyl sites for hydroxylation is 1. The number of pyridine rings is 2. The Balaban J connectivity index is 1.26. The van der Waals surface area contributed by atoms with Crippen LogP contribution < -0.4 is 20.1 Å². The van der Waals surface area contributed by atoms with Crippen molar-refractivity contribution in [1.29, 1.82) is 0 Å². The van der Waals surface area contributed by atoms with Crippen LogP contribution in [0.2, 0.25) is 0 Å². The van der Waals surface area contributed by atoms with Crippen LogP contribution in [0.1, 0.15) is 74.4 Å². The van der Waals surface area contributed by atoms with E-state index < -0.39 is 52.8 Å². The Morgan fingerprint density at radius 3 is 2.76 bits per heavy atom. The van der Waals surface area contributed by atoms with E-state index in [1.165, 1.54) is 19.2 Å². The molecule has 290 valence electrons. The topological polar surface area (TPSA) is 130 Å². The van der Waals surface area contributed by atoms with Crippen molar-refractivity contribution in [3.8, 4) is 23.1 Å². The Kier molecular flexibility index (Phi) is 8.71. The molecule has 1 aromatic carbocycles. The van der Waals surface area contributed by atoms with E-state index in [0.29, 0.717) is 37.1 Å². The minimum Gasteiger partial charge on any atom is -0.475 e. The lowest BCUT2D eigenvalue weighted by Gasteiger charge is -2.32. The number of halogens is 5. The third kappa shape index (κ3) is 5.97. The van der Waals surface area contributed by atoms with Gasteiger partial charge in [0, 0.05) is 42.3 Å². The number of hydrogen-bond acceptors (Lipinski definition) is 11. The highest BCUT2D eigenvalue weighted by molar-refractivity contribution is 6.02. The summed E-state index contributed by atoms with van der Waals surface area (Å²) in [7, 11) is 0. The normalized spacial score (nSPS) is 23.6. The Morgan fingerprint density at radius 2 is 1.98 bits per heavy atom. The van der Waals surface area contributed by atoms with Gasteiger partial charge in [-0.2, -0.15) is 28.2 Å². The number of anilines is 2. The van der Waals surface area contributed by atoms with Gasteiger partial charge in [-0.1, -0.05) is 6.07 Å². The molecule has 4 atom stereocenters. The molecule has 0 aliphatic carbocycles. The second-order valence-corrected chi connectivity index (χ2v) is 15.0. The summed E-state index contributed by atoms with van der Waals surface area (Å²) in [4.78, 5) is 22.0. The van der Waals surface area contributed by atoms with E-state index >= 15 is 17.6 Å². The molecule has 0 radical (unpaired) electrons. The molecule has 0 spiro atoms. The van der Waals surface area contributed by atoms with Gasteiger partial charge < -0.3 is 24.8 Å². The van der Waals surface area contributed by atoms with E-state index in [9.17, 15) is 4.39 Å². The number of rotatable bonds is 7. The average Bonchev–Trinajstić information content (AvgIpc) is 3.80. The van der Waals surface area contributed by atoms with E-state index in [1.54, 1.807) is 16.9 Å². The fraction of sp³-hybridized carbons (Fsp3) is 0.500. The second-order valence-electron chi connectivity index (χ2n) is 15.0. The van der Waals surface area contributed by atoms with Crippen LogP contribution >= 0.6 is 0 Å². The number of fused-ring (bicyclic) bond motifs is 2. The molecule has 55 heavy (non-hydrogen) atoms. The maximum Gasteiger partial charge on any atom is 0.417 e. The Hall–Kier alpha value is -4.90. The standard InChI is InChI=1S/C38H40F5N9O3/c1-20-15-25-24(17-46-52(25)26-8-3-4-13-53-26)27(29(20)38(41,42)43)31-30(40)32-28-34(49-36(48-32)55-19-37-9-6-11-50(37)18-22(39)16-37)51(12-14-54-35(28)47-31)21(2)23-7-5-10-45-33(23)44/h5,7,10,15,17,21-22,26H,3-4,6,8-9,11-14,16,18-19H2,1-2H3,(H2,44,45)/t21?,22-,26?,37+/m1/s1. The van der Waals surface area contributed by atoms with Crippen LogP contribution in [-0.4, -0.2) is 85.8 Å². The van der Waals surface area contributed by atoms with Gasteiger partial charge in [0.05, 0.1) is 35.4 Å². The van der Waals surface area contributed by atoms with Gasteiger partial charge in [-0.15, -0.1) is 0 Å². The number of nitrogens with two attached hydrogens (primary N) is 1. The van der Waals surface area contributed by atoms with Gasteiger partial charge in [0.15, 0.2) is 12.0 Å². The van der Waals surface area contributed by atoms with Gasteiger partial charge in [0.1, 0.15) is 47.6 Å². The van der Waals surface area contributed by atoms with Gasteiger partial charge in [-0.25, -0.2) is 23.4 Å². The molecule has 12 nitrogen and oxygen atoms in total. The van der Waals surface area contributed by atoms with Crippen LogP contribution in [-0.2, 0) is 10.9 Å². The zero-order chi connectivity index (χ0) is 38.2. The van der Waals surface area contributed by atoms with Crippen molar-refractivity contribution in [3.05, 3.63) is 53.1 Å². The summed E-state index contributed by atoms with van der Waals surface area (Å²) in [6, 6.07) is 4.29. The average molecular weight is 766 g/mol. The lowest BCUT2D eigenvalue weighted by Crippen LogP contribution is -2.43. The molecule has 5 aromatic rings. The molecule has 0 bridgehead atoms. The minimum absolute atomic E-state index is 0.0203. The molecule has 17 heteroatoms. The first kappa shape index (κ1) is 35.8. The predicted octanol–water partition coefficient (Wildman–Crippen LogP) is 7.10. The van der Waals surface area contributed by atoms with E-state index in [2.05, 4.69) is 25.0 Å². The zero-order valence-electron chi connectivity index (χ0n) is 30.4. The highest BCUT2D eigenvalue weighted by atomic mass is 19.4. The summed E-state index contributed by atoms with van der Waals surface area (Å²) in [6.07, 6.45) is 0.695. The first-order valence-corrected chi connectivity index (χ1v) is 18.7. The summed E-state index contributed by atoms with van der Waals surface area (Å²) in [6.45, 7) is 5.01. The van der Waals surface area contributed by atoms with Crippen molar-refractivity contribution >= 4 is 33.4 Å². The highest BCUT2D eigenvalue weighted by Gasteiger charge is 2.49. The van der Waals surface area contributed by atoms with E-state index in [-0.39, 0.29) is 71.6 Å². The van der Waals surface area contributed by atoms with Crippen molar-refractivity contribution in [2.24, 2.45) is 0 Å². The maximum atomic E-state index is 17.5. The largest absolute Gasteiger partial charge is 0.475 e. The third-order valence-corrected chi connectivity index (χ3v) is 11.6. The van der Waals surface area contributed by atoms with Crippen LogP contribution in [0.5, 0.6) is 11.9 Å². The fourth-order valence-corrected chi connectivity index (χ4v) is 9.04. The summed E-state index contributed by atoms with van der Waals surface area (Å²) in [5, 5.41) is 4.58. The van der Waals surface area contributed by atoms with Gasteiger partial charge in [0.25, 0.3) is 0 Å². The van der Waals surface area contributed by atoms with E-state index in [1.807, 2.05) is 17.9 Å². The minimum atomic E-state index is -4.89. The molecule has 0 saturated carbocycles. The van der Waals surface area contributed by atoms with Gasteiger partial charge in [-0.05, 0) is 70.2 Å². The molecule has 3 saturated heterocycles. The van der Waals surface area contributed by atoms with Gasteiger partial charge in [0.2, 0.25) is 5.88 Å². The number of ether oxygens (including phenoxy) is 3. The lowest BCUT2D eigenvalue weighted by molar-refractivity contribution is -0.137. The molecule has 3 fully saturated rings. The Bertz CT molecular complexity index is 2300. The molecule has 4 aromatic heterocycles. The van der Waals surface area contributed by atoms with Crippen molar-refractivity contribution in [3.63, 3.8) is 0 Å². The molecular weight excluding hydrogens is 725 g/mol. The molecule has 0 amide bonds. The zero-order valence-corrected chi connectivity index (χ0v) is 30.4. The van der Waals surface area contributed by atoms with Crippen molar-refractivity contribution < 1.29 is 36.2 Å². The maximum absolute atomic E-state index is 17.5. The SMILES string of the molecule is Cc1cc2c(cnn2C2CCCCO2)c(-c2nc3c4c(nc(OC[C@@]56CCCN5C[C@H](F)C6)nc4c2F)N(C(C)c2cccnc2N)CCO3)c1C(F)(F)F. The van der Waals surface area contributed by atoms with Crippen LogP contribution in [0.3, 0.4) is 0 Å². The molecule has 8 heterocycles. The molecule has 2 N–H and O–H groups in total. The second kappa shape index (κ2) is 13.4. The quantitative estimate of drug-likeness (QED) is 0.170. The Labute approximate surface area is 312 Å². The van der Waals surface area contributed by atoms with Crippen LogP contribution in [0.15, 0.2) is 30.6 Å². The van der Waals surface area contributed by atoms with Crippen molar-refractivity contribution in [2.45, 2.75) is 82.5 Å². The van der Waals surface area contributed by atoms with Crippen molar-refractivity contribution in [1.82, 2.24) is 34.6 Å². The van der Waals surface area contributed by atoms with Gasteiger partial charge >= 0.3 is 12.2 Å². The number of alkyl halides is 4. The Morgan fingerprint density at radius 1 is 1.13 bits per heavy atom. The number of benzene rings is 1. The monoisotopic (exact) mass is 765 g/mol. The number of nitrogen functional groups attached to an aromatic ring is 1. The molecule has 4 aliphatic rings. The molecule has 4 aliphatic heterocycles. The van der Waals surface area contributed by atoms with E-state index in [4.69, 9.17) is 24.9 Å². The smallest absolute Gasteiger partial charge is 0.417 e. The third-order valence-electron chi connectivity index (χ3n) is 11.6. The summed E-state index contributed by atoms with van der Waals surface area (Å²) >= 11 is 0. The van der Waals surface area contributed by atoms with Crippen molar-refractivity contribution in [2.75, 3.05) is 50.1 Å². The summed E-state index contributed by atoms with van der Waals surface area (Å²) in [5.41, 5.74) is 4.14. The summed E-state index contributed by atoms with van der Waals surface area (Å²) < 4.78 is 97.4. The fourth-order valence-electron chi connectivity index (χ4n) is 9.04. The number of hydrogen-bond donors (Lipinski definition) is 1. The van der Waals surface area contributed by atoms with E-state index in [0.717, 1.165) is 25.8 Å².